The molecule has 0 fully saturated rings. The third-order valence-electron chi connectivity index (χ3n) is 3.13. The normalized spacial score (nSPS) is 11.8. The van der Waals surface area contributed by atoms with Crippen LogP contribution in [0.5, 0.6) is 0 Å². The molecule has 5 N–H and O–H groups in total. The molecule has 7 heteroatoms. The number of nitrogens with zero attached hydrogens (tertiary/aromatic N) is 3. The Bertz CT molecular complexity index is 531. The van der Waals surface area contributed by atoms with Crippen LogP contribution in [0.25, 0.3) is 11.0 Å². The lowest BCUT2D eigenvalue weighted by Crippen LogP contribution is -2.23. The van der Waals surface area contributed by atoms with Crippen LogP contribution < -0.4 is 16.6 Å². The van der Waals surface area contributed by atoms with Gasteiger partial charge in [0, 0.05) is 6.54 Å². The van der Waals surface area contributed by atoms with Crippen LogP contribution in [0.15, 0.2) is 6.20 Å². The number of nitrogen functional groups attached to an aromatic ring is 1. The van der Waals surface area contributed by atoms with Crippen LogP contribution >= 0.6 is 0 Å². The molecule has 18 heavy (non-hydrogen) atoms. The van der Waals surface area contributed by atoms with E-state index < -0.39 is 0 Å². The Balaban J connectivity index is 2.28. The fourth-order valence-electron chi connectivity index (χ4n) is 1.48. The van der Waals surface area contributed by atoms with Crippen molar-refractivity contribution in [2.75, 3.05) is 17.3 Å². The Kier molecular flexibility index (Phi) is 3.33. The van der Waals surface area contributed by atoms with Gasteiger partial charge < -0.3 is 5.32 Å². The highest BCUT2D eigenvalue weighted by Gasteiger charge is 2.16. The summed E-state index contributed by atoms with van der Waals surface area (Å²) in [6.45, 7) is 7.40. The number of hydrazine groups is 1. The van der Waals surface area contributed by atoms with E-state index in [2.05, 4.69) is 51.7 Å². The van der Waals surface area contributed by atoms with E-state index in [4.69, 9.17) is 5.84 Å². The number of aromatic nitrogens is 4. The molecule has 0 aliphatic heterocycles. The molecule has 0 unspecified atom stereocenters. The lowest BCUT2D eigenvalue weighted by molar-refractivity contribution is 0.376. The van der Waals surface area contributed by atoms with Gasteiger partial charge in [-0.05, 0) is 11.8 Å². The fourth-order valence-corrected chi connectivity index (χ4v) is 1.48. The van der Waals surface area contributed by atoms with Gasteiger partial charge in [-0.15, -0.1) is 0 Å². The Morgan fingerprint density at radius 1 is 1.39 bits per heavy atom. The maximum Gasteiger partial charge on any atom is 0.241 e. The Morgan fingerprint density at radius 2 is 2.17 bits per heavy atom. The van der Waals surface area contributed by atoms with E-state index in [1.807, 2.05) is 0 Å². The van der Waals surface area contributed by atoms with Crippen LogP contribution in [0.2, 0.25) is 0 Å². The summed E-state index contributed by atoms with van der Waals surface area (Å²) in [7, 11) is 0. The molecule has 0 saturated heterocycles. The minimum atomic E-state index is 0.206. The van der Waals surface area contributed by atoms with E-state index in [0.717, 1.165) is 24.2 Å². The van der Waals surface area contributed by atoms with Gasteiger partial charge in [0.2, 0.25) is 5.95 Å². The minimum Gasteiger partial charge on any atom is -0.369 e. The molecule has 2 rings (SSSR count). The van der Waals surface area contributed by atoms with Gasteiger partial charge in [0.15, 0.2) is 5.65 Å². The van der Waals surface area contributed by atoms with Crippen molar-refractivity contribution >= 4 is 22.8 Å². The summed E-state index contributed by atoms with van der Waals surface area (Å²) in [6.07, 6.45) is 2.79. The first-order valence-electron chi connectivity index (χ1n) is 5.97. The van der Waals surface area contributed by atoms with Gasteiger partial charge in [-0.1, -0.05) is 20.8 Å². The first-order valence-corrected chi connectivity index (χ1v) is 5.97. The fraction of sp³-hybridized carbons (Fsp3) is 0.545. The van der Waals surface area contributed by atoms with Crippen LogP contribution in [-0.4, -0.2) is 26.7 Å². The van der Waals surface area contributed by atoms with Crippen molar-refractivity contribution in [3.05, 3.63) is 6.20 Å². The molecule has 0 spiro atoms. The van der Waals surface area contributed by atoms with Crippen LogP contribution in [0.3, 0.4) is 0 Å². The molecule has 0 aromatic carbocycles. The summed E-state index contributed by atoms with van der Waals surface area (Å²) in [4.78, 5) is 8.48. The van der Waals surface area contributed by atoms with E-state index in [1.165, 1.54) is 0 Å². The maximum atomic E-state index is 5.35. The molecular weight excluding hydrogens is 230 g/mol. The average Bonchev–Trinajstić information content (AvgIpc) is 2.84. The topological polar surface area (TPSA) is 105 Å². The van der Waals surface area contributed by atoms with E-state index in [1.54, 1.807) is 6.20 Å². The minimum absolute atomic E-state index is 0.206. The molecule has 98 valence electrons. The molecule has 0 bridgehead atoms. The number of fused-ring (bicyclic) bond motifs is 1. The van der Waals surface area contributed by atoms with Crippen molar-refractivity contribution in [2.24, 2.45) is 11.3 Å². The predicted molar refractivity (Wildman–Crippen MR) is 72.1 cm³/mol. The van der Waals surface area contributed by atoms with Crippen molar-refractivity contribution in [2.45, 2.75) is 27.2 Å². The van der Waals surface area contributed by atoms with Gasteiger partial charge in [0.05, 0.1) is 11.6 Å². The molecule has 0 saturated carbocycles. The summed E-state index contributed by atoms with van der Waals surface area (Å²) >= 11 is 0. The highest BCUT2D eigenvalue weighted by Crippen LogP contribution is 2.23. The number of rotatable bonds is 5. The maximum absolute atomic E-state index is 5.35. The third kappa shape index (κ3) is 2.51. The van der Waals surface area contributed by atoms with Gasteiger partial charge in [-0.3, -0.25) is 10.5 Å². The Hall–Kier alpha value is -1.89. The van der Waals surface area contributed by atoms with Gasteiger partial charge in [-0.2, -0.15) is 15.1 Å². The van der Waals surface area contributed by atoms with Crippen molar-refractivity contribution < 1.29 is 0 Å². The lowest BCUT2D eigenvalue weighted by Gasteiger charge is -2.23. The molecule has 0 radical (unpaired) electrons. The van der Waals surface area contributed by atoms with Crippen LogP contribution in [0.1, 0.15) is 27.2 Å². The number of hydrogen-bond donors (Lipinski definition) is 4. The van der Waals surface area contributed by atoms with Gasteiger partial charge in [0.25, 0.3) is 0 Å². The highest BCUT2D eigenvalue weighted by molar-refractivity contribution is 5.86. The predicted octanol–water partition coefficient (Wildman–Crippen LogP) is 1.49. The summed E-state index contributed by atoms with van der Waals surface area (Å²) in [5, 5.41) is 11.0. The van der Waals surface area contributed by atoms with Gasteiger partial charge >= 0.3 is 0 Å². The summed E-state index contributed by atoms with van der Waals surface area (Å²) in [5.41, 5.74) is 3.32. The lowest BCUT2D eigenvalue weighted by atomic mass is 9.90. The second kappa shape index (κ2) is 4.77. The molecule has 2 heterocycles. The van der Waals surface area contributed by atoms with Gasteiger partial charge in [-0.25, -0.2) is 5.84 Å². The number of aromatic amines is 1. The number of nitrogens with one attached hydrogen (secondary N) is 3. The quantitative estimate of drug-likeness (QED) is 0.472. The molecule has 0 atom stereocenters. The number of H-pyrrole nitrogens is 1. The van der Waals surface area contributed by atoms with E-state index in [-0.39, 0.29) is 5.41 Å². The monoisotopic (exact) mass is 249 g/mol. The summed E-state index contributed by atoms with van der Waals surface area (Å²) in [6, 6.07) is 0. The second-order valence-electron chi connectivity index (χ2n) is 5.04. The summed E-state index contributed by atoms with van der Waals surface area (Å²) < 4.78 is 0. The molecule has 7 nitrogen and oxygen atoms in total. The third-order valence-corrected chi connectivity index (χ3v) is 3.13. The first kappa shape index (κ1) is 12.6. The van der Waals surface area contributed by atoms with E-state index in [9.17, 15) is 0 Å². The number of hydrogen-bond acceptors (Lipinski definition) is 6. The van der Waals surface area contributed by atoms with Gasteiger partial charge in [0.1, 0.15) is 5.82 Å². The molecule has 0 amide bonds. The smallest absolute Gasteiger partial charge is 0.241 e. The Labute approximate surface area is 106 Å². The molecule has 2 aromatic heterocycles. The highest BCUT2D eigenvalue weighted by atomic mass is 15.3. The van der Waals surface area contributed by atoms with Crippen molar-refractivity contribution in [3.8, 4) is 0 Å². The zero-order valence-electron chi connectivity index (χ0n) is 10.9. The van der Waals surface area contributed by atoms with Crippen LogP contribution in [0.4, 0.5) is 11.8 Å². The second-order valence-corrected chi connectivity index (χ2v) is 5.04. The summed E-state index contributed by atoms with van der Waals surface area (Å²) in [5.74, 6) is 6.45. The average molecular weight is 249 g/mol. The van der Waals surface area contributed by atoms with E-state index in [0.29, 0.717) is 11.6 Å². The zero-order chi connectivity index (χ0) is 13.2. The van der Waals surface area contributed by atoms with Crippen molar-refractivity contribution in [1.29, 1.82) is 0 Å². The molecule has 2 aromatic rings. The van der Waals surface area contributed by atoms with Crippen LogP contribution in [-0.2, 0) is 0 Å². The zero-order valence-corrected chi connectivity index (χ0v) is 10.9. The number of nitrogens with two attached hydrogens (primary N) is 1. The number of anilines is 2. The largest absolute Gasteiger partial charge is 0.369 e. The Morgan fingerprint density at radius 3 is 2.83 bits per heavy atom. The molecule has 0 aliphatic carbocycles. The molecular formula is C11H19N7. The van der Waals surface area contributed by atoms with Crippen LogP contribution in [0, 0.1) is 5.41 Å². The van der Waals surface area contributed by atoms with E-state index >= 15 is 0 Å². The SMILES string of the molecule is CCC(C)(C)CNc1nc(NN)nc2[nH]ncc12. The molecule has 0 aliphatic rings. The van der Waals surface area contributed by atoms with Crippen molar-refractivity contribution in [1.82, 2.24) is 20.2 Å². The first-order chi connectivity index (χ1) is 8.55. The standard InChI is InChI=1S/C11H19N7/c1-4-11(2,3)6-13-8-7-5-14-18-9(7)16-10(15-8)17-12/h5H,4,6,12H2,1-3H3,(H3,13,14,15,16,17,18). The van der Waals surface area contributed by atoms with Crippen molar-refractivity contribution in [3.63, 3.8) is 0 Å².